The topological polar surface area (TPSA) is 83.6 Å². The van der Waals surface area contributed by atoms with Crippen LogP contribution in [0.2, 0.25) is 0 Å². The molecule has 2 bridgehead atoms. The Morgan fingerprint density at radius 2 is 2.00 bits per heavy atom. The number of amides is 2. The number of carbonyl (C=O) groups excluding carboxylic acids is 2. The van der Waals surface area contributed by atoms with Crippen molar-refractivity contribution >= 4 is 21.8 Å². The zero-order valence-corrected chi connectivity index (χ0v) is 13.4. The van der Waals surface area contributed by atoms with E-state index in [1.54, 1.807) is 12.1 Å². The molecule has 2 saturated carbocycles. The first-order valence-corrected chi connectivity index (χ1v) is 9.36. The van der Waals surface area contributed by atoms with E-state index >= 15 is 0 Å². The maximum absolute atomic E-state index is 12.4. The number of nitrogens with one attached hydrogen (secondary N) is 1. The summed E-state index contributed by atoms with van der Waals surface area (Å²) < 4.78 is 25.5. The molecule has 0 radical (unpaired) electrons. The second-order valence-electron chi connectivity index (χ2n) is 6.66. The van der Waals surface area contributed by atoms with Crippen LogP contribution < -0.4 is 5.32 Å². The Morgan fingerprint density at radius 1 is 1.22 bits per heavy atom. The molecule has 2 aliphatic carbocycles. The highest BCUT2D eigenvalue weighted by Crippen LogP contribution is 2.44. The standard InChI is InChI=1S/C16H18N2O4S/c19-15(17-13-8-10-5-6-11(13)7-10)9-18-16(20)12-3-1-2-4-14(12)23(18,21)22/h1-4,10-11,13H,5-9H2,(H,17,19)/t10-,11-,13+/m0/s1. The summed E-state index contributed by atoms with van der Waals surface area (Å²) in [5, 5.41) is 2.93. The maximum atomic E-state index is 12.4. The number of hydrogen-bond acceptors (Lipinski definition) is 4. The number of hydrogen-bond donors (Lipinski definition) is 1. The van der Waals surface area contributed by atoms with Crippen LogP contribution in [0.5, 0.6) is 0 Å². The van der Waals surface area contributed by atoms with Crippen molar-refractivity contribution in [3.63, 3.8) is 0 Å². The number of rotatable bonds is 3. The van der Waals surface area contributed by atoms with Crippen molar-refractivity contribution < 1.29 is 18.0 Å². The fraction of sp³-hybridized carbons (Fsp3) is 0.500. The van der Waals surface area contributed by atoms with E-state index < -0.39 is 28.4 Å². The van der Waals surface area contributed by atoms with Crippen LogP contribution in [0.3, 0.4) is 0 Å². The van der Waals surface area contributed by atoms with Crippen LogP contribution in [-0.2, 0) is 14.8 Å². The van der Waals surface area contributed by atoms with Crippen molar-refractivity contribution in [2.75, 3.05) is 6.54 Å². The van der Waals surface area contributed by atoms with E-state index in [4.69, 9.17) is 0 Å². The minimum Gasteiger partial charge on any atom is -0.352 e. The normalized spacial score (nSPS) is 30.5. The summed E-state index contributed by atoms with van der Waals surface area (Å²) in [6.45, 7) is -0.441. The molecular formula is C16H18N2O4S. The quantitative estimate of drug-likeness (QED) is 0.898. The van der Waals surface area contributed by atoms with E-state index in [0.29, 0.717) is 16.1 Å². The van der Waals surface area contributed by atoms with Gasteiger partial charge in [-0.3, -0.25) is 9.59 Å². The second kappa shape index (κ2) is 5.06. The SMILES string of the molecule is O=C(CN1C(=O)c2ccccc2S1(=O)=O)N[C@@H]1C[C@H]2CC[C@H]1C2. The van der Waals surface area contributed by atoms with Gasteiger partial charge in [0.1, 0.15) is 11.4 Å². The molecule has 2 fully saturated rings. The zero-order chi connectivity index (χ0) is 16.2. The highest BCUT2D eigenvalue weighted by Gasteiger charge is 2.43. The molecular weight excluding hydrogens is 316 g/mol. The van der Waals surface area contributed by atoms with Crippen LogP contribution in [0.25, 0.3) is 0 Å². The van der Waals surface area contributed by atoms with Gasteiger partial charge in [-0.25, -0.2) is 12.7 Å². The molecule has 0 saturated heterocycles. The van der Waals surface area contributed by atoms with Gasteiger partial charge in [0.2, 0.25) is 5.91 Å². The highest BCUT2D eigenvalue weighted by atomic mass is 32.2. The monoisotopic (exact) mass is 334 g/mol. The van der Waals surface area contributed by atoms with Crippen LogP contribution in [-0.4, -0.2) is 37.1 Å². The number of benzene rings is 1. The van der Waals surface area contributed by atoms with E-state index in [9.17, 15) is 18.0 Å². The van der Waals surface area contributed by atoms with Crippen LogP contribution >= 0.6 is 0 Å². The fourth-order valence-corrected chi connectivity index (χ4v) is 5.72. The van der Waals surface area contributed by atoms with Crippen molar-refractivity contribution in [2.24, 2.45) is 11.8 Å². The lowest BCUT2D eigenvalue weighted by atomic mass is 9.95. The lowest BCUT2D eigenvalue weighted by Gasteiger charge is -2.24. The van der Waals surface area contributed by atoms with E-state index in [1.165, 1.54) is 18.6 Å². The molecule has 7 heteroatoms. The fourth-order valence-electron chi connectivity index (χ4n) is 4.19. The first kappa shape index (κ1) is 14.7. The predicted molar refractivity (Wildman–Crippen MR) is 82.0 cm³/mol. The van der Waals surface area contributed by atoms with Gasteiger partial charge in [-0.1, -0.05) is 18.6 Å². The molecule has 1 heterocycles. The molecule has 0 aromatic heterocycles. The largest absolute Gasteiger partial charge is 0.352 e. The average molecular weight is 334 g/mol. The third-order valence-electron chi connectivity index (χ3n) is 5.28. The van der Waals surface area contributed by atoms with Crippen molar-refractivity contribution in [3.8, 4) is 0 Å². The van der Waals surface area contributed by atoms with Gasteiger partial charge >= 0.3 is 0 Å². The number of fused-ring (bicyclic) bond motifs is 3. The Bertz CT molecular complexity index is 789. The smallest absolute Gasteiger partial charge is 0.269 e. The van der Waals surface area contributed by atoms with Gasteiger partial charge in [-0.2, -0.15) is 0 Å². The van der Waals surface area contributed by atoms with Gasteiger partial charge < -0.3 is 5.32 Å². The molecule has 2 amide bonds. The summed E-state index contributed by atoms with van der Waals surface area (Å²) in [6.07, 6.45) is 4.47. The van der Waals surface area contributed by atoms with Gasteiger partial charge in [-0.15, -0.1) is 0 Å². The lowest BCUT2D eigenvalue weighted by Crippen LogP contribution is -2.45. The molecule has 3 aliphatic rings. The predicted octanol–water partition coefficient (Wildman–Crippen LogP) is 1.14. The van der Waals surface area contributed by atoms with Gasteiger partial charge in [-0.05, 0) is 43.2 Å². The number of sulfonamides is 1. The molecule has 4 rings (SSSR count). The first-order chi connectivity index (χ1) is 11.0. The lowest BCUT2D eigenvalue weighted by molar-refractivity contribution is -0.122. The summed E-state index contributed by atoms with van der Waals surface area (Å²) in [4.78, 5) is 24.5. The molecule has 1 aromatic rings. The van der Waals surface area contributed by atoms with Crippen LogP contribution in [0.15, 0.2) is 29.2 Å². The third kappa shape index (κ3) is 2.25. The van der Waals surface area contributed by atoms with Crippen LogP contribution in [0, 0.1) is 11.8 Å². The minimum atomic E-state index is -3.91. The van der Waals surface area contributed by atoms with Gasteiger partial charge in [0, 0.05) is 6.04 Å². The van der Waals surface area contributed by atoms with E-state index in [1.807, 2.05) is 0 Å². The average Bonchev–Trinajstić information content (AvgIpc) is 3.18. The van der Waals surface area contributed by atoms with E-state index in [0.717, 1.165) is 19.3 Å². The van der Waals surface area contributed by atoms with Crippen molar-refractivity contribution in [1.82, 2.24) is 9.62 Å². The summed E-state index contributed by atoms with van der Waals surface area (Å²) in [5.41, 5.74) is 0.139. The van der Waals surface area contributed by atoms with E-state index in [-0.39, 0.29) is 16.5 Å². The van der Waals surface area contributed by atoms with Crippen LogP contribution in [0.4, 0.5) is 0 Å². The van der Waals surface area contributed by atoms with Gasteiger partial charge in [0.15, 0.2) is 0 Å². The summed E-state index contributed by atoms with van der Waals surface area (Å²) in [5.74, 6) is 0.176. The first-order valence-electron chi connectivity index (χ1n) is 7.92. The zero-order valence-electron chi connectivity index (χ0n) is 12.6. The van der Waals surface area contributed by atoms with Crippen molar-refractivity contribution in [1.29, 1.82) is 0 Å². The molecule has 6 nitrogen and oxygen atoms in total. The summed E-state index contributed by atoms with van der Waals surface area (Å²) in [7, 11) is -3.91. The Labute approximate surface area is 134 Å². The second-order valence-corrected chi connectivity index (χ2v) is 8.49. The van der Waals surface area contributed by atoms with Gasteiger partial charge in [0.05, 0.1) is 5.56 Å². The molecule has 1 N–H and O–H groups in total. The Balaban J connectivity index is 1.49. The van der Waals surface area contributed by atoms with Crippen molar-refractivity contribution in [2.45, 2.75) is 36.6 Å². The molecule has 23 heavy (non-hydrogen) atoms. The van der Waals surface area contributed by atoms with Crippen molar-refractivity contribution in [3.05, 3.63) is 29.8 Å². The van der Waals surface area contributed by atoms with Crippen LogP contribution in [0.1, 0.15) is 36.0 Å². The Hall–Kier alpha value is -1.89. The van der Waals surface area contributed by atoms with Gasteiger partial charge in [0.25, 0.3) is 15.9 Å². The number of carbonyl (C=O) groups is 2. The Morgan fingerprint density at radius 3 is 2.65 bits per heavy atom. The molecule has 122 valence electrons. The molecule has 0 spiro atoms. The third-order valence-corrected chi connectivity index (χ3v) is 7.07. The molecule has 0 unspecified atom stereocenters. The molecule has 3 atom stereocenters. The summed E-state index contributed by atoms with van der Waals surface area (Å²) >= 11 is 0. The van der Waals surface area contributed by atoms with E-state index in [2.05, 4.69) is 5.32 Å². The summed E-state index contributed by atoms with van der Waals surface area (Å²) in [6, 6.07) is 6.19. The molecule has 1 aliphatic heterocycles. The maximum Gasteiger partial charge on any atom is 0.269 e. The minimum absolute atomic E-state index is 0.0160. The molecule has 1 aromatic carbocycles. The Kier molecular flexibility index (Phi) is 3.23. The number of nitrogens with zero attached hydrogens (tertiary/aromatic N) is 1. The highest BCUT2D eigenvalue weighted by molar-refractivity contribution is 7.90.